The molecule has 7 aromatic rings. The number of rotatable bonds is 2. The van der Waals surface area contributed by atoms with Gasteiger partial charge >= 0.3 is 0 Å². The van der Waals surface area contributed by atoms with Crippen molar-refractivity contribution in [3.63, 3.8) is 0 Å². The maximum absolute atomic E-state index is 6.38. The summed E-state index contributed by atoms with van der Waals surface area (Å²) in [5, 5.41) is 3.38. The molecule has 4 nitrogen and oxygen atoms in total. The second kappa shape index (κ2) is 8.41. The number of furan rings is 1. The molecule has 0 saturated carbocycles. The first-order chi connectivity index (χ1) is 17.3. The molecule has 4 aromatic carbocycles. The van der Waals surface area contributed by atoms with Crippen molar-refractivity contribution in [1.82, 2.24) is 14.5 Å². The Bertz CT molecular complexity index is 1770. The molecular weight excluding hydrogens is 430 g/mol. The average molecular weight is 456 g/mol. The monoisotopic (exact) mass is 455 g/mol. The Morgan fingerprint density at radius 1 is 0.600 bits per heavy atom. The van der Waals surface area contributed by atoms with E-state index in [1.807, 2.05) is 32.0 Å². The maximum atomic E-state index is 6.38. The van der Waals surface area contributed by atoms with E-state index >= 15 is 0 Å². The van der Waals surface area contributed by atoms with Crippen LogP contribution in [0.15, 0.2) is 101 Å². The predicted molar refractivity (Wildman–Crippen MR) is 145 cm³/mol. The van der Waals surface area contributed by atoms with E-state index in [0.29, 0.717) is 5.95 Å². The zero-order valence-electron chi connectivity index (χ0n) is 20.0. The van der Waals surface area contributed by atoms with Crippen molar-refractivity contribution in [3.8, 4) is 17.2 Å². The van der Waals surface area contributed by atoms with E-state index in [9.17, 15) is 0 Å². The normalized spacial score (nSPS) is 11.3. The van der Waals surface area contributed by atoms with Gasteiger partial charge in [-0.2, -0.15) is 0 Å². The van der Waals surface area contributed by atoms with Gasteiger partial charge < -0.3 is 4.42 Å². The highest BCUT2D eigenvalue weighted by Gasteiger charge is 2.21. The minimum Gasteiger partial charge on any atom is -0.452 e. The summed E-state index contributed by atoms with van der Waals surface area (Å²) in [6.07, 6.45) is 0. The van der Waals surface area contributed by atoms with Gasteiger partial charge in [-0.3, -0.25) is 4.57 Å². The fraction of sp³-hybridized carbons (Fsp3) is 0.0968. The number of fused-ring (bicyclic) bond motifs is 6. The van der Waals surface area contributed by atoms with Gasteiger partial charge in [0.25, 0.3) is 0 Å². The summed E-state index contributed by atoms with van der Waals surface area (Å²) in [7, 11) is 0. The molecule has 0 spiro atoms. The highest BCUT2D eigenvalue weighted by Crippen LogP contribution is 2.37. The van der Waals surface area contributed by atoms with E-state index in [2.05, 4.69) is 90.4 Å². The SMILES string of the molecule is CC.Cc1cccc2c1oc1c(-c3ccccc3)nc(-n3c4ccccc4c4ccccc43)nc12. The van der Waals surface area contributed by atoms with Gasteiger partial charge in [0.05, 0.1) is 11.0 Å². The molecule has 0 fully saturated rings. The molecule has 3 aromatic heterocycles. The van der Waals surface area contributed by atoms with Crippen LogP contribution in [0.3, 0.4) is 0 Å². The van der Waals surface area contributed by atoms with Gasteiger partial charge in [-0.25, -0.2) is 9.97 Å². The van der Waals surface area contributed by atoms with Gasteiger partial charge in [-0.05, 0) is 30.7 Å². The molecular formula is C31H25N3O. The number of hydrogen-bond donors (Lipinski definition) is 0. The molecule has 170 valence electrons. The molecule has 35 heavy (non-hydrogen) atoms. The Morgan fingerprint density at radius 3 is 1.89 bits per heavy atom. The molecule has 0 saturated heterocycles. The van der Waals surface area contributed by atoms with E-state index < -0.39 is 0 Å². The van der Waals surface area contributed by atoms with Crippen LogP contribution in [0.25, 0.3) is 61.1 Å². The maximum Gasteiger partial charge on any atom is 0.236 e. The number of aromatic nitrogens is 3. The number of benzene rings is 4. The lowest BCUT2D eigenvalue weighted by molar-refractivity contribution is 0.663. The summed E-state index contributed by atoms with van der Waals surface area (Å²) in [6, 6.07) is 33.2. The van der Waals surface area contributed by atoms with Crippen LogP contribution in [0.2, 0.25) is 0 Å². The highest BCUT2D eigenvalue weighted by atomic mass is 16.3. The number of hydrogen-bond acceptors (Lipinski definition) is 3. The molecule has 7 rings (SSSR count). The van der Waals surface area contributed by atoms with Crippen molar-refractivity contribution in [2.24, 2.45) is 0 Å². The molecule has 0 bridgehead atoms. The van der Waals surface area contributed by atoms with E-state index in [-0.39, 0.29) is 0 Å². The molecule has 0 amide bonds. The minimum absolute atomic E-state index is 0.642. The summed E-state index contributed by atoms with van der Waals surface area (Å²) < 4.78 is 8.54. The van der Waals surface area contributed by atoms with Gasteiger partial charge in [0.2, 0.25) is 5.95 Å². The molecule has 0 aliphatic heterocycles. The van der Waals surface area contributed by atoms with Crippen molar-refractivity contribution in [3.05, 3.63) is 103 Å². The van der Waals surface area contributed by atoms with Gasteiger partial charge in [0.1, 0.15) is 16.8 Å². The van der Waals surface area contributed by atoms with Crippen LogP contribution in [0.4, 0.5) is 0 Å². The van der Waals surface area contributed by atoms with Crippen molar-refractivity contribution in [2.45, 2.75) is 20.8 Å². The van der Waals surface area contributed by atoms with E-state index in [0.717, 1.165) is 49.9 Å². The van der Waals surface area contributed by atoms with Gasteiger partial charge in [0, 0.05) is 21.7 Å². The van der Waals surface area contributed by atoms with Crippen LogP contribution in [-0.4, -0.2) is 14.5 Å². The van der Waals surface area contributed by atoms with Crippen molar-refractivity contribution >= 4 is 43.9 Å². The minimum atomic E-state index is 0.642. The molecule has 4 heteroatoms. The standard InChI is InChI=1S/C29H19N3O.C2H6/c1-18-10-9-15-22-26-28(33-27(18)22)25(19-11-3-2-4-12-19)30-29(31-26)32-23-16-7-5-13-20(23)21-14-6-8-17-24(21)32;1-2/h2-17H,1H3;1-2H3. The smallest absolute Gasteiger partial charge is 0.236 e. The highest BCUT2D eigenvalue weighted by molar-refractivity contribution is 6.10. The lowest BCUT2D eigenvalue weighted by Gasteiger charge is -2.09. The van der Waals surface area contributed by atoms with Gasteiger partial charge in [0.15, 0.2) is 5.58 Å². The van der Waals surface area contributed by atoms with Gasteiger partial charge in [-0.15, -0.1) is 0 Å². The van der Waals surface area contributed by atoms with Crippen LogP contribution in [-0.2, 0) is 0 Å². The largest absolute Gasteiger partial charge is 0.452 e. The molecule has 0 N–H and O–H groups in total. The molecule has 0 unspecified atom stereocenters. The lowest BCUT2D eigenvalue weighted by Crippen LogP contribution is -2.02. The topological polar surface area (TPSA) is 43.9 Å². The average Bonchev–Trinajstić information content (AvgIpc) is 3.47. The molecule has 0 aliphatic rings. The summed E-state index contributed by atoms with van der Waals surface area (Å²) in [6.45, 7) is 6.06. The fourth-order valence-corrected chi connectivity index (χ4v) is 4.82. The summed E-state index contributed by atoms with van der Waals surface area (Å²) in [4.78, 5) is 10.2. The zero-order valence-corrected chi connectivity index (χ0v) is 20.0. The lowest BCUT2D eigenvalue weighted by atomic mass is 10.1. The second-order valence-corrected chi connectivity index (χ2v) is 8.34. The van der Waals surface area contributed by atoms with Crippen molar-refractivity contribution < 1.29 is 4.42 Å². The molecule has 0 radical (unpaired) electrons. The number of para-hydroxylation sites is 3. The Kier molecular flexibility index (Phi) is 5.07. The first-order valence-corrected chi connectivity index (χ1v) is 12.0. The summed E-state index contributed by atoms with van der Waals surface area (Å²) in [5.41, 5.74) is 7.47. The Morgan fingerprint density at radius 2 is 1.20 bits per heavy atom. The number of nitrogens with zero attached hydrogens (tertiary/aromatic N) is 3. The summed E-state index contributed by atoms with van der Waals surface area (Å²) >= 11 is 0. The van der Waals surface area contributed by atoms with Crippen molar-refractivity contribution in [1.29, 1.82) is 0 Å². The van der Waals surface area contributed by atoms with Gasteiger partial charge in [-0.1, -0.05) is 92.7 Å². The van der Waals surface area contributed by atoms with Crippen LogP contribution in [0.1, 0.15) is 19.4 Å². The third-order valence-electron chi connectivity index (χ3n) is 6.35. The number of aryl methyl sites for hydroxylation is 1. The Hall–Kier alpha value is -4.44. The first-order valence-electron chi connectivity index (χ1n) is 12.0. The van der Waals surface area contributed by atoms with Crippen LogP contribution in [0.5, 0.6) is 0 Å². The Balaban J connectivity index is 0.00000112. The third kappa shape index (κ3) is 3.22. The van der Waals surface area contributed by atoms with E-state index in [4.69, 9.17) is 14.4 Å². The Labute approximate surface area is 203 Å². The van der Waals surface area contributed by atoms with Crippen molar-refractivity contribution in [2.75, 3.05) is 0 Å². The van der Waals surface area contributed by atoms with E-state index in [1.165, 1.54) is 10.8 Å². The molecule has 3 heterocycles. The van der Waals surface area contributed by atoms with Crippen LogP contribution < -0.4 is 0 Å². The second-order valence-electron chi connectivity index (χ2n) is 8.34. The zero-order chi connectivity index (χ0) is 23.9. The van der Waals surface area contributed by atoms with Crippen LogP contribution >= 0.6 is 0 Å². The summed E-state index contributed by atoms with van der Waals surface area (Å²) in [5.74, 6) is 0.642. The third-order valence-corrected chi connectivity index (χ3v) is 6.35. The van der Waals surface area contributed by atoms with Crippen LogP contribution in [0, 0.1) is 6.92 Å². The van der Waals surface area contributed by atoms with E-state index in [1.54, 1.807) is 0 Å². The molecule has 0 aliphatic carbocycles. The quantitative estimate of drug-likeness (QED) is 0.262. The first kappa shape index (κ1) is 21.1. The fourth-order valence-electron chi connectivity index (χ4n) is 4.82. The molecule has 0 atom stereocenters. The predicted octanol–water partition coefficient (Wildman–Crippen LogP) is 8.47.